The van der Waals surface area contributed by atoms with Crippen LogP contribution in [0.1, 0.15) is 38.7 Å². The van der Waals surface area contributed by atoms with Crippen LogP contribution >= 0.6 is 0 Å². The molecule has 0 bridgehead atoms. The van der Waals surface area contributed by atoms with Gasteiger partial charge in [-0.2, -0.15) is 0 Å². The third kappa shape index (κ3) is 5.23. The van der Waals surface area contributed by atoms with E-state index in [0.29, 0.717) is 17.9 Å². The summed E-state index contributed by atoms with van der Waals surface area (Å²) in [7, 11) is -3.45. The van der Waals surface area contributed by atoms with E-state index in [1.165, 1.54) is 0 Å². The average Bonchev–Trinajstić information content (AvgIpc) is 2.44. The lowest BCUT2D eigenvalue weighted by Gasteiger charge is -2.14. The fraction of sp³-hybridized carbons (Fsp3) is 0.600. The van der Waals surface area contributed by atoms with Gasteiger partial charge < -0.3 is 5.11 Å². The van der Waals surface area contributed by atoms with Crippen LogP contribution in [0.4, 0.5) is 0 Å². The van der Waals surface area contributed by atoms with Crippen LogP contribution < -0.4 is 4.72 Å². The summed E-state index contributed by atoms with van der Waals surface area (Å²) in [4.78, 5) is 0.302. The molecule has 4 nitrogen and oxygen atoms in total. The van der Waals surface area contributed by atoms with Crippen LogP contribution in [0.15, 0.2) is 29.2 Å². The standard InChI is InChI=1S/C15H25NO3S/c1-3-5-14-6-8-15(9-7-14)20(18,19)16-12-13(4-2)10-11-17/h6-9,13,16-17H,3-5,10-12H2,1-2H3/t13-/m0/s1. The molecule has 0 aliphatic carbocycles. The van der Waals surface area contributed by atoms with Crippen LogP contribution in [0.3, 0.4) is 0 Å². The lowest BCUT2D eigenvalue weighted by molar-refractivity contribution is 0.254. The number of aryl methyl sites for hydroxylation is 1. The lowest BCUT2D eigenvalue weighted by Crippen LogP contribution is -2.29. The molecule has 0 heterocycles. The molecule has 0 radical (unpaired) electrons. The van der Waals surface area contributed by atoms with E-state index in [-0.39, 0.29) is 12.5 Å². The molecule has 0 aromatic heterocycles. The SMILES string of the molecule is CCCc1ccc(S(=O)(=O)NC[C@@H](CC)CCO)cc1. The van der Waals surface area contributed by atoms with Gasteiger partial charge in [0.1, 0.15) is 0 Å². The molecule has 0 fully saturated rings. The Balaban J connectivity index is 2.68. The minimum absolute atomic E-state index is 0.0892. The molecular weight excluding hydrogens is 274 g/mol. The minimum Gasteiger partial charge on any atom is -0.396 e. The van der Waals surface area contributed by atoms with E-state index in [1.54, 1.807) is 12.1 Å². The molecule has 0 saturated heterocycles. The molecule has 0 aliphatic heterocycles. The fourth-order valence-corrected chi connectivity index (χ4v) is 3.18. The fourth-order valence-electron chi connectivity index (χ4n) is 2.07. The molecule has 0 saturated carbocycles. The van der Waals surface area contributed by atoms with Gasteiger partial charge in [0.25, 0.3) is 0 Å². The van der Waals surface area contributed by atoms with E-state index in [0.717, 1.165) is 24.8 Å². The van der Waals surface area contributed by atoms with Gasteiger partial charge in [-0.15, -0.1) is 0 Å². The van der Waals surface area contributed by atoms with E-state index in [9.17, 15) is 8.42 Å². The second-order valence-electron chi connectivity index (χ2n) is 5.03. The van der Waals surface area contributed by atoms with E-state index in [4.69, 9.17) is 5.11 Å². The van der Waals surface area contributed by atoms with Crippen LogP contribution in [0.2, 0.25) is 0 Å². The molecule has 0 unspecified atom stereocenters. The monoisotopic (exact) mass is 299 g/mol. The number of rotatable bonds is 9. The normalized spacial score (nSPS) is 13.3. The first-order chi connectivity index (χ1) is 9.53. The Morgan fingerprint density at radius 1 is 1.20 bits per heavy atom. The van der Waals surface area contributed by atoms with Crippen molar-refractivity contribution in [2.45, 2.75) is 44.4 Å². The Morgan fingerprint density at radius 3 is 2.35 bits per heavy atom. The molecule has 0 amide bonds. The van der Waals surface area contributed by atoms with Gasteiger partial charge in [-0.05, 0) is 36.5 Å². The first kappa shape index (κ1) is 17.1. The quantitative estimate of drug-likeness (QED) is 0.735. The predicted molar refractivity (Wildman–Crippen MR) is 81.1 cm³/mol. The minimum atomic E-state index is -3.45. The number of benzene rings is 1. The molecule has 1 aromatic rings. The summed E-state index contributed by atoms with van der Waals surface area (Å²) in [5, 5.41) is 8.92. The third-order valence-electron chi connectivity index (χ3n) is 3.45. The summed E-state index contributed by atoms with van der Waals surface area (Å²) in [6.45, 7) is 4.55. The van der Waals surface area contributed by atoms with Gasteiger partial charge in [0.2, 0.25) is 10.0 Å². The summed E-state index contributed by atoms with van der Waals surface area (Å²) >= 11 is 0. The summed E-state index contributed by atoms with van der Waals surface area (Å²) < 4.78 is 26.9. The van der Waals surface area contributed by atoms with Gasteiger partial charge in [0, 0.05) is 13.2 Å². The molecular formula is C15H25NO3S. The Morgan fingerprint density at radius 2 is 1.85 bits per heavy atom. The summed E-state index contributed by atoms with van der Waals surface area (Å²) in [6, 6.07) is 7.03. The van der Waals surface area contributed by atoms with Gasteiger partial charge in [-0.25, -0.2) is 13.1 Å². The van der Waals surface area contributed by atoms with Gasteiger partial charge in [-0.1, -0.05) is 38.8 Å². The Labute approximate surface area is 122 Å². The van der Waals surface area contributed by atoms with Crippen molar-refractivity contribution in [3.05, 3.63) is 29.8 Å². The highest BCUT2D eigenvalue weighted by atomic mass is 32.2. The van der Waals surface area contributed by atoms with Gasteiger partial charge >= 0.3 is 0 Å². The van der Waals surface area contributed by atoms with Crippen molar-refractivity contribution in [2.24, 2.45) is 5.92 Å². The first-order valence-electron chi connectivity index (χ1n) is 7.23. The van der Waals surface area contributed by atoms with Crippen LogP contribution in [-0.2, 0) is 16.4 Å². The smallest absolute Gasteiger partial charge is 0.240 e. The number of sulfonamides is 1. The second-order valence-corrected chi connectivity index (χ2v) is 6.80. The summed E-state index contributed by atoms with van der Waals surface area (Å²) in [6.07, 6.45) is 3.47. The molecule has 1 atom stereocenters. The predicted octanol–water partition coefficient (Wildman–Crippen LogP) is 2.33. The molecule has 0 aliphatic rings. The van der Waals surface area contributed by atoms with Crippen molar-refractivity contribution in [3.63, 3.8) is 0 Å². The van der Waals surface area contributed by atoms with Crippen molar-refractivity contribution in [3.8, 4) is 0 Å². The average molecular weight is 299 g/mol. The highest BCUT2D eigenvalue weighted by Gasteiger charge is 2.15. The van der Waals surface area contributed by atoms with Crippen LogP contribution in [-0.4, -0.2) is 26.7 Å². The van der Waals surface area contributed by atoms with Crippen LogP contribution in [0.25, 0.3) is 0 Å². The topological polar surface area (TPSA) is 66.4 Å². The number of aliphatic hydroxyl groups excluding tert-OH is 1. The highest BCUT2D eigenvalue weighted by molar-refractivity contribution is 7.89. The maximum atomic E-state index is 12.2. The maximum Gasteiger partial charge on any atom is 0.240 e. The van der Waals surface area contributed by atoms with Crippen molar-refractivity contribution in [1.29, 1.82) is 0 Å². The summed E-state index contributed by atoms with van der Waals surface area (Å²) in [5.41, 5.74) is 1.15. The molecule has 1 aromatic carbocycles. The van der Waals surface area contributed by atoms with E-state index >= 15 is 0 Å². The van der Waals surface area contributed by atoms with Gasteiger partial charge in [-0.3, -0.25) is 0 Å². The number of aliphatic hydroxyl groups is 1. The highest BCUT2D eigenvalue weighted by Crippen LogP contribution is 2.13. The Kier molecular flexibility index (Phi) is 7.19. The Bertz CT molecular complexity index is 482. The van der Waals surface area contributed by atoms with E-state index in [2.05, 4.69) is 11.6 Å². The first-order valence-corrected chi connectivity index (χ1v) is 8.71. The Hall–Kier alpha value is -0.910. The van der Waals surface area contributed by atoms with E-state index in [1.807, 2.05) is 19.1 Å². The van der Waals surface area contributed by atoms with Crippen molar-refractivity contribution in [1.82, 2.24) is 4.72 Å². The molecule has 1 rings (SSSR count). The lowest BCUT2D eigenvalue weighted by atomic mass is 10.0. The molecule has 114 valence electrons. The second kappa shape index (κ2) is 8.39. The third-order valence-corrected chi connectivity index (χ3v) is 4.89. The zero-order chi connectivity index (χ0) is 15.0. The van der Waals surface area contributed by atoms with Gasteiger partial charge in [0.15, 0.2) is 0 Å². The zero-order valence-corrected chi connectivity index (χ0v) is 13.1. The largest absolute Gasteiger partial charge is 0.396 e. The number of hydrogen-bond acceptors (Lipinski definition) is 3. The van der Waals surface area contributed by atoms with Crippen molar-refractivity contribution >= 4 is 10.0 Å². The van der Waals surface area contributed by atoms with Crippen molar-refractivity contribution in [2.75, 3.05) is 13.2 Å². The summed E-state index contributed by atoms with van der Waals surface area (Å²) in [5.74, 6) is 0.175. The zero-order valence-electron chi connectivity index (χ0n) is 12.3. The van der Waals surface area contributed by atoms with Crippen LogP contribution in [0, 0.1) is 5.92 Å². The van der Waals surface area contributed by atoms with Crippen LogP contribution in [0.5, 0.6) is 0 Å². The van der Waals surface area contributed by atoms with Gasteiger partial charge in [0.05, 0.1) is 4.90 Å². The number of hydrogen-bond donors (Lipinski definition) is 2. The number of nitrogens with one attached hydrogen (secondary N) is 1. The molecule has 20 heavy (non-hydrogen) atoms. The molecule has 2 N–H and O–H groups in total. The van der Waals surface area contributed by atoms with E-state index < -0.39 is 10.0 Å². The maximum absolute atomic E-state index is 12.2. The molecule has 0 spiro atoms. The van der Waals surface area contributed by atoms with Crippen molar-refractivity contribution < 1.29 is 13.5 Å². The molecule has 5 heteroatoms.